The first-order chi connectivity index (χ1) is 20.8. The standard InChI is InChI=1S/C34H46N6O3/c1-24(2)14-20-39(21-15-25(3)4)33(41)28-16-22-40-30(23-28)29(9-8-19-38-17-6-5-7-18-38)31(36-40)26-10-12-27(13-11-26)32-35-34(42)43-37-32/h10-13,16,22-25H,5-9,14-15,17-21H2,1-4H3,(H,35,37,42). The molecule has 3 aromatic heterocycles. The molecule has 1 aliphatic heterocycles. The molecule has 1 saturated heterocycles. The number of nitrogens with zero attached hydrogens (tertiary/aromatic N) is 5. The highest BCUT2D eigenvalue weighted by atomic mass is 16.5. The van der Waals surface area contributed by atoms with Gasteiger partial charge >= 0.3 is 5.76 Å². The van der Waals surface area contributed by atoms with Crippen LogP contribution >= 0.6 is 0 Å². The summed E-state index contributed by atoms with van der Waals surface area (Å²) in [6, 6.07) is 11.8. The van der Waals surface area contributed by atoms with Crippen LogP contribution in [0.4, 0.5) is 0 Å². The van der Waals surface area contributed by atoms with Crippen molar-refractivity contribution in [2.75, 3.05) is 32.7 Å². The van der Waals surface area contributed by atoms with Crippen LogP contribution in [0.3, 0.4) is 0 Å². The van der Waals surface area contributed by atoms with Crippen molar-refractivity contribution in [3.05, 3.63) is 64.3 Å². The lowest BCUT2D eigenvalue weighted by Crippen LogP contribution is -2.34. The molecule has 1 fully saturated rings. The van der Waals surface area contributed by atoms with Crippen molar-refractivity contribution in [2.24, 2.45) is 11.8 Å². The molecule has 0 aliphatic carbocycles. The van der Waals surface area contributed by atoms with Crippen LogP contribution in [0.5, 0.6) is 0 Å². The summed E-state index contributed by atoms with van der Waals surface area (Å²) >= 11 is 0. The number of pyridine rings is 1. The number of benzene rings is 1. The van der Waals surface area contributed by atoms with Crippen LogP contribution in [0.25, 0.3) is 28.2 Å². The molecule has 4 aromatic rings. The number of hydrogen-bond acceptors (Lipinski definition) is 6. The highest BCUT2D eigenvalue weighted by Crippen LogP contribution is 2.30. The van der Waals surface area contributed by atoms with Gasteiger partial charge < -0.3 is 9.80 Å². The van der Waals surface area contributed by atoms with E-state index >= 15 is 0 Å². The summed E-state index contributed by atoms with van der Waals surface area (Å²) in [5, 5.41) is 8.81. The molecule has 5 rings (SSSR count). The molecule has 9 heteroatoms. The van der Waals surface area contributed by atoms with Crippen molar-refractivity contribution in [1.82, 2.24) is 29.6 Å². The minimum absolute atomic E-state index is 0.0942. The van der Waals surface area contributed by atoms with Gasteiger partial charge in [-0.15, -0.1) is 0 Å². The fourth-order valence-corrected chi connectivity index (χ4v) is 5.83. The average Bonchev–Trinajstić information content (AvgIpc) is 3.60. The van der Waals surface area contributed by atoms with Gasteiger partial charge in [-0.2, -0.15) is 5.10 Å². The normalized spacial score (nSPS) is 14.3. The molecule has 0 spiro atoms. The van der Waals surface area contributed by atoms with Crippen LogP contribution in [0, 0.1) is 11.8 Å². The number of nitrogens with one attached hydrogen (secondary N) is 1. The first-order valence-corrected chi connectivity index (χ1v) is 16.0. The number of aromatic amines is 1. The van der Waals surface area contributed by atoms with Gasteiger partial charge in [0, 0.05) is 41.5 Å². The van der Waals surface area contributed by atoms with Gasteiger partial charge in [-0.05, 0) is 82.1 Å². The fraction of sp³-hybridized carbons (Fsp3) is 0.529. The second-order valence-electron chi connectivity index (χ2n) is 12.8. The Labute approximate surface area is 254 Å². The van der Waals surface area contributed by atoms with Crippen LogP contribution in [0.15, 0.2) is 51.9 Å². The largest absolute Gasteiger partial charge is 0.439 e. The smallest absolute Gasteiger partial charge is 0.339 e. The Morgan fingerprint density at radius 2 is 1.65 bits per heavy atom. The number of carbonyl (C=O) groups excluding carboxylic acids is 1. The molecule has 0 radical (unpaired) electrons. The molecule has 1 N–H and O–H groups in total. The molecule has 1 amide bonds. The number of hydrogen-bond donors (Lipinski definition) is 1. The van der Waals surface area contributed by atoms with E-state index < -0.39 is 5.76 Å². The monoisotopic (exact) mass is 586 g/mol. The Bertz CT molecular complexity index is 1530. The topological polar surface area (TPSA) is 99.7 Å². The molecule has 0 unspecified atom stereocenters. The van der Waals surface area contributed by atoms with Crippen molar-refractivity contribution in [3.8, 4) is 22.6 Å². The van der Waals surface area contributed by atoms with E-state index in [1.807, 2.05) is 52.0 Å². The maximum Gasteiger partial charge on any atom is 0.439 e. The van der Waals surface area contributed by atoms with E-state index in [-0.39, 0.29) is 5.91 Å². The number of rotatable bonds is 13. The lowest BCUT2D eigenvalue weighted by atomic mass is 10.00. The van der Waals surface area contributed by atoms with E-state index in [1.165, 1.54) is 32.4 Å². The number of amides is 1. The third kappa shape index (κ3) is 7.82. The Kier molecular flexibility index (Phi) is 10.1. The third-order valence-electron chi connectivity index (χ3n) is 8.45. The second-order valence-corrected chi connectivity index (χ2v) is 12.8. The van der Waals surface area contributed by atoms with E-state index in [2.05, 4.69) is 47.3 Å². The van der Waals surface area contributed by atoms with E-state index in [4.69, 9.17) is 5.10 Å². The van der Waals surface area contributed by atoms with Crippen LogP contribution in [0.2, 0.25) is 0 Å². The number of carbonyl (C=O) groups is 1. The van der Waals surface area contributed by atoms with E-state index in [1.54, 1.807) is 0 Å². The zero-order chi connectivity index (χ0) is 30.3. The lowest BCUT2D eigenvalue weighted by Gasteiger charge is -2.26. The minimum atomic E-state index is -0.576. The Balaban J connectivity index is 1.46. The summed E-state index contributed by atoms with van der Waals surface area (Å²) in [6.45, 7) is 13.8. The van der Waals surface area contributed by atoms with Gasteiger partial charge in [-0.3, -0.25) is 14.3 Å². The molecule has 43 heavy (non-hydrogen) atoms. The van der Waals surface area contributed by atoms with Crippen molar-refractivity contribution in [1.29, 1.82) is 0 Å². The molecule has 230 valence electrons. The molecular weight excluding hydrogens is 540 g/mol. The second kappa shape index (κ2) is 14.2. The summed E-state index contributed by atoms with van der Waals surface area (Å²) in [6.07, 6.45) is 9.69. The average molecular weight is 587 g/mol. The Morgan fingerprint density at radius 1 is 0.977 bits per heavy atom. The fourth-order valence-electron chi connectivity index (χ4n) is 5.83. The molecule has 0 atom stereocenters. The summed E-state index contributed by atoms with van der Waals surface area (Å²) in [5.41, 5.74) is 5.52. The Morgan fingerprint density at radius 3 is 2.28 bits per heavy atom. The van der Waals surface area contributed by atoms with Crippen LogP contribution < -0.4 is 5.76 Å². The van der Waals surface area contributed by atoms with Crippen molar-refractivity contribution >= 4 is 11.4 Å². The predicted molar refractivity (Wildman–Crippen MR) is 170 cm³/mol. The lowest BCUT2D eigenvalue weighted by molar-refractivity contribution is 0.0741. The first kappa shape index (κ1) is 30.7. The van der Waals surface area contributed by atoms with Crippen molar-refractivity contribution < 1.29 is 9.32 Å². The summed E-state index contributed by atoms with van der Waals surface area (Å²) in [4.78, 5) is 32.5. The molecule has 4 heterocycles. The number of likely N-dealkylation sites (tertiary alicyclic amines) is 1. The van der Waals surface area contributed by atoms with Gasteiger partial charge in [0.15, 0.2) is 5.82 Å². The molecule has 0 bridgehead atoms. The zero-order valence-corrected chi connectivity index (χ0v) is 26.1. The van der Waals surface area contributed by atoms with Gasteiger partial charge in [0.1, 0.15) is 0 Å². The van der Waals surface area contributed by atoms with Crippen LogP contribution in [0.1, 0.15) is 82.1 Å². The Hall–Kier alpha value is -3.72. The first-order valence-electron chi connectivity index (χ1n) is 16.0. The molecule has 0 saturated carbocycles. The predicted octanol–water partition coefficient (Wildman–Crippen LogP) is 6.30. The quantitative estimate of drug-likeness (QED) is 0.197. The van der Waals surface area contributed by atoms with Gasteiger partial charge in [0.05, 0.1) is 11.2 Å². The molecule has 1 aliphatic rings. The third-order valence-corrected chi connectivity index (χ3v) is 8.45. The molecular formula is C34H46N6O3. The highest BCUT2D eigenvalue weighted by Gasteiger charge is 2.21. The summed E-state index contributed by atoms with van der Waals surface area (Å²) in [5.74, 6) is 0.994. The SMILES string of the molecule is CC(C)CCN(CCC(C)C)C(=O)c1ccn2nc(-c3ccc(-c4noc(=O)[nH]4)cc3)c(CCCN3CCCCC3)c2c1. The van der Waals surface area contributed by atoms with Gasteiger partial charge in [-0.1, -0.05) is 63.5 Å². The van der Waals surface area contributed by atoms with Crippen molar-refractivity contribution in [3.63, 3.8) is 0 Å². The molecule has 9 nitrogen and oxygen atoms in total. The van der Waals surface area contributed by atoms with Crippen molar-refractivity contribution in [2.45, 2.75) is 72.6 Å². The van der Waals surface area contributed by atoms with Crippen LogP contribution in [-0.4, -0.2) is 68.2 Å². The number of fused-ring (bicyclic) bond motifs is 1. The summed E-state index contributed by atoms with van der Waals surface area (Å²) in [7, 11) is 0. The maximum atomic E-state index is 13.8. The highest BCUT2D eigenvalue weighted by molar-refractivity contribution is 5.95. The van der Waals surface area contributed by atoms with Crippen LogP contribution in [-0.2, 0) is 6.42 Å². The van der Waals surface area contributed by atoms with E-state index in [9.17, 15) is 9.59 Å². The van der Waals surface area contributed by atoms with E-state index in [0.29, 0.717) is 23.2 Å². The number of H-pyrrole nitrogens is 1. The van der Waals surface area contributed by atoms with Gasteiger partial charge in [0.2, 0.25) is 0 Å². The number of piperidine rings is 1. The summed E-state index contributed by atoms with van der Waals surface area (Å²) < 4.78 is 6.59. The zero-order valence-electron chi connectivity index (χ0n) is 26.1. The number of aromatic nitrogens is 4. The van der Waals surface area contributed by atoms with Gasteiger partial charge in [0.25, 0.3) is 5.91 Å². The van der Waals surface area contributed by atoms with Gasteiger partial charge in [-0.25, -0.2) is 9.31 Å². The minimum Gasteiger partial charge on any atom is -0.339 e. The van der Waals surface area contributed by atoms with E-state index in [0.717, 1.165) is 73.2 Å². The molecule has 1 aromatic carbocycles. The number of aryl methyl sites for hydroxylation is 1. The maximum absolute atomic E-state index is 13.8.